The number of aromatic amines is 1. The molecule has 0 amide bonds. The van der Waals surface area contributed by atoms with Crippen LogP contribution >= 0.6 is 0 Å². The highest BCUT2D eigenvalue weighted by Gasteiger charge is 2.25. The molecule has 26 heavy (non-hydrogen) atoms. The maximum Gasteiger partial charge on any atom is 0.123 e. The van der Waals surface area contributed by atoms with Crippen LogP contribution < -0.4 is 4.74 Å². The molecule has 4 heteroatoms. The Balaban J connectivity index is 1.44. The molecular formula is C22H25FN2O. The van der Waals surface area contributed by atoms with Gasteiger partial charge in [0, 0.05) is 29.7 Å². The standard InChI is InChI=1S/C22H25FN2O/c1-26-20-8-9-22-21(14-20)17(15-24-22)13-19-3-2-11-25(19)12-10-16-4-6-18(23)7-5-16/h4-9,14-15,19,24H,2-3,10-13H2,1H3/t19-/m1/s1. The van der Waals surface area contributed by atoms with Crippen LogP contribution in [0, 0.1) is 5.82 Å². The zero-order chi connectivity index (χ0) is 17.9. The predicted molar refractivity (Wildman–Crippen MR) is 103 cm³/mol. The van der Waals surface area contributed by atoms with Gasteiger partial charge in [0.15, 0.2) is 0 Å². The molecule has 1 aliphatic rings. The molecule has 0 radical (unpaired) electrons. The average Bonchev–Trinajstić information content (AvgIpc) is 3.28. The quantitative estimate of drug-likeness (QED) is 0.704. The zero-order valence-electron chi connectivity index (χ0n) is 15.2. The summed E-state index contributed by atoms with van der Waals surface area (Å²) in [7, 11) is 1.71. The fourth-order valence-electron chi connectivity index (χ4n) is 4.05. The monoisotopic (exact) mass is 352 g/mol. The number of H-pyrrole nitrogens is 1. The first kappa shape index (κ1) is 17.1. The summed E-state index contributed by atoms with van der Waals surface area (Å²) >= 11 is 0. The second-order valence-corrected chi connectivity index (χ2v) is 7.14. The lowest BCUT2D eigenvalue weighted by Gasteiger charge is -2.24. The Morgan fingerprint density at radius 1 is 1.19 bits per heavy atom. The van der Waals surface area contributed by atoms with Crippen molar-refractivity contribution in [2.45, 2.75) is 31.7 Å². The van der Waals surface area contributed by atoms with Gasteiger partial charge in [-0.3, -0.25) is 4.90 Å². The fraction of sp³-hybridized carbons (Fsp3) is 0.364. The summed E-state index contributed by atoms with van der Waals surface area (Å²) in [5.41, 5.74) is 3.73. The fourth-order valence-corrected chi connectivity index (χ4v) is 4.05. The molecule has 136 valence electrons. The van der Waals surface area contributed by atoms with Crippen molar-refractivity contribution in [1.82, 2.24) is 9.88 Å². The van der Waals surface area contributed by atoms with Crippen LogP contribution in [-0.4, -0.2) is 36.1 Å². The van der Waals surface area contributed by atoms with Crippen molar-refractivity contribution in [2.75, 3.05) is 20.2 Å². The first-order valence-corrected chi connectivity index (χ1v) is 9.35. The highest BCUT2D eigenvalue weighted by molar-refractivity contribution is 5.84. The largest absolute Gasteiger partial charge is 0.497 e. The summed E-state index contributed by atoms with van der Waals surface area (Å²) in [6.07, 6.45) is 6.65. The van der Waals surface area contributed by atoms with Gasteiger partial charge >= 0.3 is 0 Å². The Morgan fingerprint density at radius 3 is 2.85 bits per heavy atom. The van der Waals surface area contributed by atoms with Crippen LogP contribution in [0.3, 0.4) is 0 Å². The molecule has 0 spiro atoms. The van der Waals surface area contributed by atoms with E-state index in [1.807, 2.05) is 18.2 Å². The molecule has 4 rings (SSSR count). The number of aromatic nitrogens is 1. The number of fused-ring (bicyclic) bond motifs is 1. The highest BCUT2D eigenvalue weighted by atomic mass is 19.1. The molecule has 0 aliphatic carbocycles. The van der Waals surface area contributed by atoms with Gasteiger partial charge in [-0.1, -0.05) is 12.1 Å². The lowest BCUT2D eigenvalue weighted by Crippen LogP contribution is -2.32. The van der Waals surface area contributed by atoms with Crippen LogP contribution in [0.25, 0.3) is 10.9 Å². The van der Waals surface area contributed by atoms with Gasteiger partial charge in [-0.25, -0.2) is 4.39 Å². The molecule has 1 saturated heterocycles. The van der Waals surface area contributed by atoms with Gasteiger partial charge in [0.2, 0.25) is 0 Å². The molecule has 3 aromatic rings. The third-order valence-corrected chi connectivity index (χ3v) is 5.53. The van der Waals surface area contributed by atoms with Gasteiger partial charge in [0.25, 0.3) is 0 Å². The van der Waals surface area contributed by atoms with Crippen molar-refractivity contribution in [3.8, 4) is 5.75 Å². The lowest BCUT2D eigenvalue weighted by atomic mass is 10.0. The smallest absolute Gasteiger partial charge is 0.123 e. The highest BCUT2D eigenvalue weighted by Crippen LogP contribution is 2.28. The molecule has 1 aliphatic heterocycles. The van der Waals surface area contributed by atoms with Crippen LogP contribution in [0.4, 0.5) is 4.39 Å². The van der Waals surface area contributed by atoms with Crippen LogP contribution in [0.15, 0.2) is 48.7 Å². The number of rotatable bonds is 6. The Bertz CT molecular complexity index is 871. The number of nitrogens with one attached hydrogen (secondary N) is 1. The van der Waals surface area contributed by atoms with Crippen molar-refractivity contribution in [2.24, 2.45) is 0 Å². The summed E-state index contributed by atoms with van der Waals surface area (Å²) in [6, 6.07) is 13.7. The van der Waals surface area contributed by atoms with Gasteiger partial charge in [-0.05, 0) is 73.7 Å². The van der Waals surface area contributed by atoms with Crippen LogP contribution in [0.5, 0.6) is 5.75 Å². The minimum Gasteiger partial charge on any atom is -0.497 e. The van der Waals surface area contributed by atoms with Crippen molar-refractivity contribution >= 4 is 10.9 Å². The van der Waals surface area contributed by atoms with E-state index >= 15 is 0 Å². The number of hydrogen-bond donors (Lipinski definition) is 1. The maximum atomic E-state index is 13.1. The summed E-state index contributed by atoms with van der Waals surface area (Å²) in [5.74, 6) is 0.737. The molecule has 1 N–H and O–H groups in total. The molecule has 0 unspecified atom stereocenters. The molecule has 1 atom stereocenters. The van der Waals surface area contributed by atoms with Crippen LogP contribution in [0.1, 0.15) is 24.0 Å². The van der Waals surface area contributed by atoms with E-state index in [9.17, 15) is 4.39 Å². The summed E-state index contributed by atoms with van der Waals surface area (Å²) < 4.78 is 18.4. The SMILES string of the molecule is COc1ccc2[nH]cc(C[C@H]3CCCN3CCc3ccc(F)cc3)c2c1. The topological polar surface area (TPSA) is 28.3 Å². The first-order valence-electron chi connectivity index (χ1n) is 9.35. The number of halogens is 1. The van der Waals surface area contributed by atoms with E-state index in [1.165, 1.54) is 29.4 Å². The number of ether oxygens (including phenoxy) is 1. The zero-order valence-corrected chi connectivity index (χ0v) is 15.2. The van der Waals surface area contributed by atoms with Gasteiger partial charge in [0.1, 0.15) is 11.6 Å². The van der Waals surface area contributed by atoms with E-state index in [0.717, 1.165) is 37.2 Å². The molecule has 3 nitrogen and oxygen atoms in total. The average molecular weight is 352 g/mol. The van der Waals surface area contributed by atoms with Crippen molar-refractivity contribution in [3.63, 3.8) is 0 Å². The number of benzene rings is 2. The number of hydrogen-bond acceptors (Lipinski definition) is 2. The Morgan fingerprint density at radius 2 is 2.04 bits per heavy atom. The van der Waals surface area contributed by atoms with E-state index in [4.69, 9.17) is 4.74 Å². The van der Waals surface area contributed by atoms with Gasteiger partial charge < -0.3 is 9.72 Å². The van der Waals surface area contributed by atoms with Crippen molar-refractivity contribution in [1.29, 1.82) is 0 Å². The number of likely N-dealkylation sites (tertiary alicyclic amines) is 1. The van der Waals surface area contributed by atoms with Gasteiger partial charge in [-0.2, -0.15) is 0 Å². The summed E-state index contributed by atoms with van der Waals surface area (Å²) in [5, 5.41) is 1.26. The summed E-state index contributed by atoms with van der Waals surface area (Å²) in [6.45, 7) is 2.18. The molecule has 2 heterocycles. The maximum absolute atomic E-state index is 13.1. The predicted octanol–water partition coefficient (Wildman–Crippen LogP) is 4.57. The molecule has 0 bridgehead atoms. The Labute approximate surface area is 153 Å². The molecule has 0 saturated carbocycles. The Hall–Kier alpha value is -2.33. The van der Waals surface area contributed by atoms with Crippen molar-refractivity contribution in [3.05, 3.63) is 65.6 Å². The number of methoxy groups -OCH3 is 1. The molecule has 1 aromatic heterocycles. The van der Waals surface area contributed by atoms with E-state index in [1.54, 1.807) is 19.2 Å². The van der Waals surface area contributed by atoms with Crippen molar-refractivity contribution < 1.29 is 9.13 Å². The third kappa shape index (κ3) is 3.61. The van der Waals surface area contributed by atoms with Crippen LogP contribution in [-0.2, 0) is 12.8 Å². The normalized spacial score (nSPS) is 17.8. The second kappa shape index (κ2) is 7.50. The van der Waals surface area contributed by atoms with Gasteiger partial charge in [0.05, 0.1) is 7.11 Å². The van der Waals surface area contributed by atoms with E-state index < -0.39 is 0 Å². The van der Waals surface area contributed by atoms with E-state index in [0.29, 0.717) is 6.04 Å². The second-order valence-electron chi connectivity index (χ2n) is 7.14. The minimum atomic E-state index is -0.164. The van der Waals surface area contributed by atoms with Gasteiger partial charge in [-0.15, -0.1) is 0 Å². The van der Waals surface area contributed by atoms with E-state index in [2.05, 4.69) is 28.2 Å². The molecular weight excluding hydrogens is 327 g/mol. The lowest BCUT2D eigenvalue weighted by molar-refractivity contribution is 0.256. The number of nitrogens with zero attached hydrogens (tertiary/aromatic N) is 1. The first-order chi connectivity index (χ1) is 12.7. The minimum absolute atomic E-state index is 0.164. The Kier molecular flexibility index (Phi) is 4.93. The summed E-state index contributed by atoms with van der Waals surface area (Å²) in [4.78, 5) is 5.97. The van der Waals surface area contributed by atoms with Crippen LogP contribution in [0.2, 0.25) is 0 Å². The third-order valence-electron chi connectivity index (χ3n) is 5.53. The molecule has 1 fully saturated rings. The molecule has 2 aromatic carbocycles. The van der Waals surface area contributed by atoms with E-state index in [-0.39, 0.29) is 5.82 Å².